The predicted molar refractivity (Wildman–Crippen MR) is 77.7 cm³/mol. The number of methoxy groups -OCH3 is 1. The molecule has 1 aliphatic rings. The van der Waals surface area contributed by atoms with Crippen molar-refractivity contribution in [2.24, 2.45) is 0 Å². The van der Waals surface area contributed by atoms with Crippen molar-refractivity contribution < 1.29 is 19.0 Å². The maximum absolute atomic E-state index is 11.9. The zero-order valence-corrected chi connectivity index (χ0v) is 13.2. The Balaban J connectivity index is 2.42. The van der Waals surface area contributed by atoms with Crippen LogP contribution in [0, 0.1) is 0 Å². The topological polar surface area (TPSA) is 56.8 Å². The van der Waals surface area contributed by atoms with Crippen LogP contribution in [-0.2, 0) is 19.0 Å². The number of hydrogen-bond donors (Lipinski definition) is 1. The highest BCUT2D eigenvalue weighted by Gasteiger charge is 2.26. The molecule has 0 bridgehead atoms. The van der Waals surface area contributed by atoms with E-state index < -0.39 is 6.04 Å². The fourth-order valence-electron chi connectivity index (χ4n) is 2.53. The van der Waals surface area contributed by atoms with Gasteiger partial charge in [0.1, 0.15) is 6.04 Å². The van der Waals surface area contributed by atoms with E-state index in [4.69, 9.17) is 14.2 Å². The summed E-state index contributed by atoms with van der Waals surface area (Å²) >= 11 is 0. The largest absolute Gasteiger partial charge is 0.465 e. The molecule has 1 saturated carbocycles. The highest BCUT2D eigenvalue weighted by molar-refractivity contribution is 5.75. The van der Waals surface area contributed by atoms with E-state index in [1.807, 2.05) is 20.8 Å². The van der Waals surface area contributed by atoms with Gasteiger partial charge in [-0.25, -0.2) is 0 Å². The van der Waals surface area contributed by atoms with Gasteiger partial charge < -0.3 is 19.5 Å². The highest BCUT2D eigenvalue weighted by Crippen LogP contribution is 2.23. The third-order valence-electron chi connectivity index (χ3n) is 3.52. The molecule has 3 atom stereocenters. The van der Waals surface area contributed by atoms with Gasteiger partial charge >= 0.3 is 5.97 Å². The van der Waals surface area contributed by atoms with Gasteiger partial charge in [0.25, 0.3) is 0 Å². The summed E-state index contributed by atoms with van der Waals surface area (Å²) in [5.74, 6) is -0.236. The second-order valence-corrected chi connectivity index (χ2v) is 5.61. The van der Waals surface area contributed by atoms with Crippen molar-refractivity contribution in [2.45, 2.75) is 70.7 Å². The fourth-order valence-corrected chi connectivity index (χ4v) is 2.53. The Labute approximate surface area is 122 Å². The molecule has 0 radical (unpaired) electrons. The first-order valence-corrected chi connectivity index (χ1v) is 7.63. The summed E-state index contributed by atoms with van der Waals surface area (Å²) in [5, 5.41) is 3.20. The van der Waals surface area contributed by atoms with Gasteiger partial charge in [-0.3, -0.25) is 4.79 Å². The Bertz CT molecular complexity index is 283. The van der Waals surface area contributed by atoms with Crippen LogP contribution in [0.4, 0.5) is 0 Å². The zero-order chi connectivity index (χ0) is 15.0. The highest BCUT2D eigenvalue weighted by atomic mass is 16.5. The standard InChI is InChI=1S/C15H29NO4/c1-5-19-15(17)14(16-11(2)3)10-20-13-8-6-7-12(9-13)18-4/h11-14,16H,5-10H2,1-4H3. The summed E-state index contributed by atoms with van der Waals surface area (Å²) in [6.45, 7) is 6.58. The van der Waals surface area contributed by atoms with Crippen LogP contribution in [0.5, 0.6) is 0 Å². The molecule has 0 aromatic rings. The Morgan fingerprint density at radius 3 is 2.60 bits per heavy atom. The lowest BCUT2D eigenvalue weighted by Crippen LogP contribution is -2.46. The van der Waals surface area contributed by atoms with Crippen LogP contribution in [0.25, 0.3) is 0 Å². The monoisotopic (exact) mass is 287 g/mol. The molecular formula is C15H29NO4. The Morgan fingerprint density at radius 2 is 2.00 bits per heavy atom. The van der Waals surface area contributed by atoms with Gasteiger partial charge in [-0.05, 0) is 32.6 Å². The number of ether oxygens (including phenoxy) is 3. The molecule has 0 aromatic carbocycles. The molecule has 1 N–H and O–H groups in total. The number of carbonyl (C=O) groups is 1. The van der Waals surface area contributed by atoms with E-state index >= 15 is 0 Å². The van der Waals surface area contributed by atoms with Crippen LogP contribution in [-0.4, -0.2) is 50.6 Å². The molecule has 0 amide bonds. The van der Waals surface area contributed by atoms with Gasteiger partial charge in [0, 0.05) is 13.2 Å². The summed E-state index contributed by atoms with van der Waals surface area (Å²) in [4.78, 5) is 11.9. The molecule has 20 heavy (non-hydrogen) atoms. The maximum Gasteiger partial charge on any atom is 0.325 e. The van der Waals surface area contributed by atoms with Crippen molar-refractivity contribution in [3.8, 4) is 0 Å². The van der Waals surface area contributed by atoms with Crippen molar-refractivity contribution in [3.63, 3.8) is 0 Å². The maximum atomic E-state index is 11.9. The molecule has 0 heterocycles. The SMILES string of the molecule is CCOC(=O)C(COC1CCCC(OC)C1)NC(C)C. The number of esters is 1. The summed E-state index contributed by atoms with van der Waals surface area (Å²) < 4.78 is 16.4. The molecule has 5 heteroatoms. The zero-order valence-electron chi connectivity index (χ0n) is 13.2. The smallest absolute Gasteiger partial charge is 0.325 e. The average molecular weight is 287 g/mol. The van der Waals surface area contributed by atoms with Crippen molar-refractivity contribution in [1.29, 1.82) is 0 Å². The van der Waals surface area contributed by atoms with Crippen molar-refractivity contribution in [1.82, 2.24) is 5.32 Å². The molecule has 5 nitrogen and oxygen atoms in total. The second-order valence-electron chi connectivity index (χ2n) is 5.61. The molecule has 0 aromatic heterocycles. The van der Waals surface area contributed by atoms with E-state index in [9.17, 15) is 4.79 Å². The van der Waals surface area contributed by atoms with Crippen molar-refractivity contribution in [2.75, 3.05) is 20.3 Å². The summed E-state index contributed by atoms with van der Waals surface area (Å²) in [6.07, 6.45) is 4.63. The van der Waals surface area contributed by atoms with E-state index in [2.05, 4.69) is 5.32 Å². The number of nitrogens with one attached hydrogen (secondary N) is 1. The first-order chi connectivity index (χ1) is 9.56. The van der Waals surface area contributed by atoms with Crippen LogP contribution in [0.3, 0.4) is 0 Å². The summed E-state index contributed by atoms with van der Waals surface area (Å²) in [7, 11) is 1.74. The molecule has 1 fully saturated rings. The van der Waals surface area contributed by atoms with E-state index in [0.29, 0.717) is 13.2 Å². The lowest BCUT2D eigenvalue weighted by atomic mass is 9.95. The van der Waals surface area contributed by atoms with Gasteiger partial charge in [0.15, 0.2) is 0 Å². The predicted octanol–water partition coefficient (Wildman–Crippen LogP) is 1.89. The quantitative estimate of drug-likeness (QED) is 0.691. The van der Waals surface area contributed by atoms with Crippen molar-refractivity contribution in [3.05, 3.63) is 0 Å². The Morgan fingerprint density at radius 1 is 1.30 bits per heavy atom. The van der Waals surface area contributed by atoms with Crippen molar-refractivity contribution >= 4 is 5.97 Å². The second kappa shape index (κ2) is 9.32. The third kappa shape index (κ3) is 6.20. The average Bonchev–Trinajstić information content (AvgIpc) is 2.43. The molecule has 118 valence electrons. The fraction of sp³-hybridized carbons (Fsp3) is 0.933. The third-order valence-corrected chi connectivity index (χ3v) is 3.52. The summed E-state index contributed by atoms with van der Waals surface area (Å²) in [6, 6.07) is -0.177. The Hall–Kier alpha value is -0.650. The van der Waals surface area contributed by atoms with Gasteiger partial charge in [-0.15, -0.1) is 0 Å². The molecular weight excluding hydrogens is 258 g/mol. The lowest BCUT2D eigenvalue weighted by molar-refractivity contribution is -0.148. The number of hydrogen-bond acceptors (Lipinski definition) is 5. The van der Waals surface area contributed by atoms with E-state index in [1.54, 1.807) is 7.11 Å². The van der Waals surface area contributed by atoms with Gasteiger partial charge in [-0.1, -0.05) is 13.8 Å². The minimum absolute atomic E-state index is 0.180. The minimum atomic E-state index is -0.391. The van der Waals surface area contributed by atoms with Crippen LogP contribution >= 0.6 is 0 Å². The van der Waals surface area contributed by atoms with Gasteiger partial charge in [0.05, 0.1) is 25.4 Å². The van der Waals surface area contributed by atoms with E-state index in [0.717, 1.165) is 25.7 Å². The molecule has 1 rings (SSSR count). The molecule has 3 unspecified atom stereocenters. The van der Waals surface area contributed by atoms with E-state index in [-0.39, 0.29) is 24.2 Å². The lowest BCUT2D eigenvalue weighted by Gasteiger charge is -2.29. The normalized spacial score (nSPS) is 24.6. The van der Waals surface area contributed by atoms with Crippen LogP contribution in [0.2, 0.25) is 0 Å². The van der Waals surface area contributed by atoms with Gasteiger partial charge in [0.2, 0.25) is 0 Å². The number of carbonyl (C=O) groups excluding carboxylic acids is 1. The molecule has 1 aliphatic carbocycles. The number of rotatable bonds is 8. The molecule has 0 spiro atoms. The van der Waals surface area contributed by atoms with E-state index in [1.165, 1.54) is 0 Å². The van der Waals surface area contributed by atoms with Crippen LogP contribution in [0.1, 0.15) is 46.5 Å². The summed E-state index contributed by atoms with van der Waals surface area (Å²) in [5.41, 5.74) is 0. The van der Waals surface area contributed by atoms with Gasteiger partial charge in [-0.2, -0.15) is 0 Å². The molecule has 0 aliphatic heterocycles. The first kappa shape index (κ1) is 17.4. The first-order valence-electron chi connectivity index (χ1n) is 7.63. The molecule has 0 saturated heterocycles. The Kier molecular flexibility index (Phi) is 8.11. The van der Waals surface area contributed by atoms with Crippen LogP contribution < -0.4 is 5.32 Å². The minimum Gasteiger partial charge on any atom is -0.465 e. The van der Waals surface area contributed by atoms with Crippen LogP contribution in [0.15, 0.2) is 0 Å².